The fourth-order valence-corrected chi connectivity index (χ4v) is 3.42. The zero-order chi connectivity index (χ0) is 15.7. The van der Waals surface area contributed by atoms with Gasteiger partial charge in [-0.1, -0.05) is 38.5 Å². The summed E-state index contributed by atoms with van der Waals surface area (Å²) in [6.07, 6.45) is 4.00. The summed E-state index contributed by atoms with van der Waals surface area (Å²) in [6.45, 7) is 14.0. The molecule has 0 aromatic carbocycles. The summed E-state index contributed by atoms with van der Waals surface area (Å²) >= 11 is 1.54. The van der Waals surface area contributed by atoms with Crippen LogP contribution in [0.25, 0.3) is 0 Å². The zero-order valence-electron chi connectivity index (χ0n) is 13.9. The van der Waals surface area contributed by atoms with Gasteiger partial charge in [-0.15, -0.1) is 0 Å². The fourth-order valence-electron chi connectivity index (χ4n) is 2.41. The average Bonchev–Trinajstić information content (AvgIpc) is 2.91. The second-order valence-corrected chi connectivity index (χ2v) is 6.14. The topological polar surface area (TPSA) is 36.4 Å². The van der Waals surface area contributed by atoms with Crippen LogP contribution in [0.1, 0.15) is 55.9 Å². The molecule has 0 radical (unpaired) electrons. The van der Waals surface area contributed by atoms with E-state index in [9.17, 15) is 4.79 Å². The Morgan fingerprint density at radius 1 is 1.10 bits per heavy atom. The third-order valence-corrected chi connectivity index (χ3v) is 4.84. The Hall–Kier alpha value is -0.940. The normalized spacial score (nSPS) is 11.1. The van der Waals surface area contributed by atoms with E-state index in [2.05, 4.69) is 42.5 Å². The first-order valence-electron chi connectivity index (χ1n) is 8.12. The highest BCUT2D eigenvalue weighted by molar-refractivity contribution is 7.17. The molecule has 1 heterocycles. The van der Waals surface area contributed by atoms with Crippen molar-refractivity contribution in [1.29, 1.82) is 0 Å². The fraction of sp³-hybridized carbons (Fsp3) is 0.750. The van der Waals surface area contributed by atoms with E-state index in [1.807, 2.05) is 0 Å². The number of anilines is 1. The van der Waals surface area contributed by atoms with Gasteiger partial charge in [0.2, 0.25) is 0 Å². The minimum absolute atomic E-state index is 0.800. The van der Waals surface area contributed by atoms with E-state index < -0.39 is 0 Å². The van der Waals surface area contributed by atoms with Crippen LogP contribution in [0.4, 0.5) is 5.13 Å². The lowest BCUT2D eigenvalue weighted by Crippen LogP contribution is -2.29. The third-order valence-electron chi connectivity index (χ3n) is 3.76. The van der Waals surface area contributed by atoms with Gasteiger partial charge in [0.25, 0.3) is 0 Å². The standard InChI is InChI=1S/C16H29N3OS/c1-5-10-14-15(13-20)21-16(17-14)19(8-4)12-9-11-18(6-2)7-3/h13H,5-12H2,1-4H3. The summed E-state index contributed by atoms with van der Waals surface area (Å²) < 4.78 is 0. The molecule has 21 heavy (non-hydrogen) atoms. The summed E-state index contributed by atoms with van der Waals surface area (Å²) in [5.41, 5.74) is 0.967. The summed E-state index contributed by atoms with van der Waals surface area (Å²) in [7, 11) is 0. The quantitative estimate of drug-likeness (QED) is 0.586. The van der Waals surface area contributed by atoms with E-state index in [0.29, 0.717) is 0 Å². The molecular weight excluding hydrogens is 282 g/mol. The Kier molecular flexibility index (Phi) is 8.54. The van der Waals surface area contributed by atoms with Crippen LogP contribution in [-0.2, 0) is 6.42 Å². The van der Waals surface area contributed by atoms with Crippen LogP contribution in [0.5, 0.6) is 0 Å². The molecule has 0 saturated heterocycles. The minimum atomic E-state index is 0.800. The molecule has 0 atom stereocenters. The van der Waals surface area contributed by atoms with Gasteiger partial charge in [-0.05, 0) is 39.4 Å². The van der Waals surface area contributed by atoms with Crippen LogP contribution < -0.4 is 4.90 Å². The number of hydrogen-bond donors (Lipinski definition) is 0. The molecule has 0 amide bonds. The molecule has 0 N–H and O–H groups in total. The number of carbonyl (C=O) groups excluding carboxylic acids is 1. The first-order valence-corrected chi connectivity index (χ1v) is 8.93. The molecule has 0 aliphatic carbocycles. The van der Waals surface area contributed by atoms with Crippen LogP contribution in [0.3, 0.4) is 0 Å². The molecule has 1 aromatic heterocycles. The lowest BCUT2D eigenvalue weighted by Gasteiger charge is -2.23. The maximum Gasteiger partial charge on any atom is 0.186 e. The predicted octanol–water partition coefficient (Wildman–Crippen LogP) is 3.47. The molecule has 0 fully saturated rings. The number of nitrogens with zero attached hydrogens (tertiary/aromatic N) is 3. The molecule has 0 saturated carbocycles. The van der Waals surface area contributed by atoms with Crippen molar-refractivity contribution < 1.29 is 4.79 Å². The van der Waals surface area contributed by atoms with E-state index in [1.165, 1.54) is 11.3 Å². The van der Waals surface area contributed by atoms with E-state index in [-0.39, 0.29) is 0 Å². The lowest BCUT2D eigenvalue weighted by molar-refractivity contribution is 0.112. The maximum atomic E-state index is 11.2. The highest BCUT2D eigenvalue weighted by Crippen LogP contribution is 2.26. The molecule has 5 heteroatoms. The molecule has 1 aromatic rings. The number of aryl methyl sites for hydroxylation is 1. The van der Waals surface area contributed by atoms with Crippen LogP contribution in [0.15, 0.2) is 0 Å². The lowest BCUT2D eigenvalue weighted by atomic mass is 10.2. The number of aldehydes is 1. The first kappa shape index (κ1) is 18.1. The highest BCUT2D eigenvalue weighted by Gasteiger charge is 2.14. The number of thiazole rings is 1. The molecule has 0 bridgehead atoms. The number of aromatic nitrogens is 1. The monoisotopic (exact) mass is 311 g/mol. The second kappa shape index (κ2) is 9.90. The van der Waals surface area contributed by atoms with Gasteiger partial charge in [0, 0.05) is 13.1 Å². The SMILES string of the molecule is CCCc1nc(N(CC)CCCN(CC)CC)sc1C=O. The summed E-state index contributed by atoms with van der Waals surface area (Å²) in [4.78, 5) is 21.4. The van der Waals surface area contributed by atoms with Crippen molar-refractivity contribution in [3.05, 3.63) is 10.6 Å². The summed E-state index contributed by atoms with van der Waals surface area (Å²) in [5, 5.41) is 1.00. The Morgan fingerprint density at radius 2 is 1.81 bits per heavy atom. The molecule has 0 spiro atoms. The maximum absolute atomic E-state index is 11.2. The predicted molar refractivity (Wildman–Crippen MR) is 91.8 cm³/mol. The minimum Gasteiger partial charge on any atom is -0.348 e. The second-order valence-electron chi connectivity index (χ2n) is 5.14. The van der Waals surface area contributed by atoms with Gasteiger partial charge in [0.05, 0.1) is 10.6 Å². The van der Waals surface area contributed by atoms with Crippen LogP contribution >= 0.6 is 11.3 Å². The van der Waals surface area contributed by atoms with Crippen molar-refractivity contribution >= 4 is 22.8 Å². The van der Waals surface area contributed by atoms with Gasteiger partial charge in [-0.25, -0.2) is 4.98 Å². The Labute approximate surface area is 133 Å². The average molecular weight is 311 g/mol. The summed E-state index contributed by atoms with van der Waals surface area (Å²) in [6, 6.07) is 0. The molecule has 0 aliphatic heterocycles. The number of hydrogen-bond acceptors (Lipinski definition) is 5. The Balaban J connectivity index is 2.65. The first-order chi connectivity index (χ1) is 10.2. The Morgan fingerprint density at radius 3 is 2.33 bits per heavy atom. The van der Waals surface area contributed by atoms with Gasteiger partial charge in [-0.3, -0.25) is 4.79 Å². The molecule has 1 rings (SSSR count). The molecule has 0 aliphatic rings. The van der Waals surface area contributed by atoms with Gasteiger partial charge in [0.15, 0.2) is 11.4 Å². The van der Waals surface area contributed by atoms with Crippen molar-refractivity contribution in [2.75, 3.05) is 37.6 Å². The van der Waals surface area contributed by atoms with E-state index in [4.69, 9.17) is 0 Å². The van der Waals surface area contributed by atoms with Crippen molar-refractivity contribution in [1.82, 2.24) is 9.88 Å². The molecule has 120 valence electrons. The molecule has 4 nitrogen and oxygen atoms in total. The van der Waals surface area contributed by atoms with Crippen molar-refractivity contribution in [2.24, 2.45) is 0 Å². The van der Waals surface area contributed by atoms with Crippen molar-refractivity contribution in [3.63, 3.8) is 0 Å². The number of rotatable bonds is 11. The van der Waals surface area contributed by atoms with Gasteiger partial charge in [-0.2, -0.15) is 0 Å². The smallest absolute Gasteiger partial charge is 0.186 e. The largest absolute Gasteiger partial charge is 0.348 e. The van der Waals surface area contributed by atoms with Crippen LogP contribution in [-0.4, -0.2) is 48.9 Å². The van der Waals surface area contributed by atoms with Crippen molar-refractivity contribution in [3.8, 4) is 0 Å². The molecule has 0 unspecified atom stereocenters. The van der Waals surface area contributed by atoms with Crippen LogP contribution in [0.2, 0.25) is 0 Å². The van der Waals surface area contributed by atoms with Gasteiger partial charge >= 0.3 is 0 Å². The highest BCUT2D eigenvalue weighted by atomic mass is 32.1. The van der Waals surface area contributed by atoms with Crippen molar-refractivity contribution in [2.45, 2.75) is 47.0 Å². The van der Waals surface area contributed by atoms with E-state index in [0.717, 1.165) is 74.0 Å². The van der Waals surface area contributed by atoms with Crippen LogP contribution in [0, 0.1) is 0 Å². The summed E-state index contributed by atoms with van der Waals surface area (Å²) in [5.74, 6) is 0. The van der Waals surface area contributed by atoms with E-state index in [1.54, 1.807) is 0 Å². The van der Waals surface area contributed by atoms with Gasteiger partial charge in [0.1, 0.15) is 0 Å². The Bertz CT molecular complexity index is 416. The molecular formula is C16H29N3OS. The van der Waals surface area contributed by atoms with Gasteiger partial charge < -0.3 is 9.80 Å². The number of carbonyl (C=O) groups is 1. The zero-order valence-corrected chi connectivity index (χ0v) is 14.7. The third kappa shape index (κ3) is 5.40. The van der Waals surface area contributed by atoms with E-state index >= 15 is 0 Å².